The van der Waals surface area contributed by atoms with Gasteiger partial charge in [-0.2, -0.15) is 5.10 Å². The summed E-state index contributed by atoms with van der Waals surface area (Å²) in [5.74, 6) is -0.960. The first-order valence-corrected chi connectivity index (χ1v) is 6.98. The molecule has 2 aromatic rings. The lowest BCUT2D eigenvalue weighted by Gasteiger charge is -2.20. The number of carbonyl (C=O) groups is 1. The third kappa shape index (κ3) is 2.62. The molecule has 0 saturated heterocycles. The van der Waals surface area contributed by atoms with Crippen LogP contribution in [0.15, 0.2) is 41.5 Å². The molecule has 0 bridgehead atoms. The highest BCUT2D eigenvalue weighted by Crippen LogP contribution is 2.29. The molecule has 0 radical (unpaired) electrons. The Balaban J connectivity index is 1.98. The predicted molar refractivity (Wildman–Crippen MR) is 81.7 cm³/mol. The van der Waals surface area contributed by atoms with E-state index in [0.717, 1.165) is 0 Å². The average Bonchev–Trinajstić information content (AvgIpc) is 2.50. The van der Waals surface area contributed by atoms with Gasteiger partial charge in [-0.05, 0) is 48.7 Å². The summed E-state index contributed by atoms with van der Waals surface area (Å²) in [7, 11) is 0. The zero-order valence-electron chi connectivity index (χ0n) is 12.0. The Labute approximate surface area is 126 Å². The van der Waals surface area contributed by atoms with E-state index in [4.69, 9.17) is 0 Å². The van der Waals surface area contributed by atoms with E-state index in [1.165, 1.54) is 23.2 Å². The second-order valence-electron chi connectivity index (χ2n) is 5.17. The third-order valence-electron chi connectivity index (χ3n) is 3.59. The molecule has 0 saturated carbocycles. The van der Waals surface area contributed by atoms with Crippen LogP contribution >= 0.6 is 0 Å². The maximum atomic E-state index is 14.4. The number of benzene rings is 2. The zero-order valence-corrected chi connectivity index (χ0v) is 12.0. The van der Waals surface area contributed by atoms with Crippen LogP contribution in [0.25, 0.3) is 11.1 Å². The van der Waals surface area contributed by atoms with Gasteiger partial charge in [-0.1, -0.05) is 6.07 Å². The maximum absolute atomic E-state index is 14.4. The lowest BCUT2D eigenvalue weighted by Crippen LogP contribution is -2.28. The van der Waals surface area contributed by atoms with Gasteiger partial charge >= 0.3 is 0 Å². The molecule has 0 N–H and O–H groups in total. The quantitative estimate of drug-likeness (QED) is 0.823. The van der Waals surface area contributed by atoms with Crippen LogP contribution < -0.4 is 5.01 Å². The van der Waals surface area contributed by atoms with Crippen molar-refractivity contribution in [1.29, 1.82) is 0 Å². The zero-order chi connectivity index (χ0) is 15.7. The Bertz CT molecular complexity index is 771. The van der Waals surface area contributed by atoms with E-state index < -0.39 is 5.82 Å². The monoisotopic (exact) mass is 300 g/mol. The number of aryl methyl sites for hydroxylation is 1. The van der Waals surface area contributed by atoms with Crippen molar-refractivity contribution in [3.63, 3.8) is 0 Å². The Morgan fingerprint density at radius 1 is 1.09 bits per heavy atom. The summed E-state index contributed by atoms with van der Waals surface area (Å²) in [5.41, 5.74) is 1.80. The molecule has 112 valence electrons. The SMILES string of the molecule is Cc1cc(-c2ccc(N3N=CCCC3=O)cc2F)ccc1F. The summed E-state index contributed by atoms with van der Waals surface area (Å²) in [6.45, 7) is 1.63. The maximum Gasteiger partial charge on any atom is 0.247 e. The highest BCUT2D eigenvalue weighted by Gasteiger charge is 2.19. The van der Waals surface area contributed by atoms with Crippen LogP contribution in [0.5, 0.6) is 0 Å². The van der Waals surface area contributed by atoms with E-state index in [2.05, 4.69) is 5.10 Å². The van der Waals surface area contributed by atoms with Crippen LogP contribution in [0.1, 0.15) is 18.4 Å². The molecule has 1 heterocycles. The minimum absolute atomic E-state index is 0.160. The van der Waals surface area contributed by atoms with Crippen LogP contribution in [0.3, 0.4) is 0 Å². The van der Waals surface area contributed by atoms with Crippen molar-refractivity contribution < 1.29 is 13.6 Å². The Hall–Kier alpha value is -2.56. The molecule has 1 amide bonds. The lowest BCUT2D eigenvalue weighted by molar-refractivity contribution is -0.118. The molecule has 0 atom stereocenters. The van der Waals surface area contributed by atoms with Crippen LogP contribution in [0, 0.1) is 18.6 Å². The van der Waals surface area contributed by atoms with Crippen LogP contribution in [-0.2, 0) is 4.79 Å². The van der Waals surface area contributed by atoms with Crippen LogP contribution in [0.2, 0.25) is 0 Å². The average molecular weight is 300 g/mol. The van der Waals surface area contributed by atoms with E-state index in [1.54, 1.807) is 31.3 Å². The van der Waals surface area contributed by atoms with E-state index >= 15 is 0 Å². The largest absolute Gasteiger partial charge is 0.273 e. The van der Waals surface area contributed by atoms with E-state index in [1.807, 2.05) is 0 Å². The molecular formula is C17H14F2N2O. The van der Waals surface area contributed by atoms with Gasteiger partial charge in [0.1, 0.15) is 11.6 Å². The molecular weight excluding hydrogens is 286 g/mol. The molecule has 0 aliphatic carbocycles. The Morgan fingerprint density at radius 2 is 1.91 bits per heavy atom. The highest BCUT2D eigenvalue weighted by molar-refractivity contribution is 5.97. The number of halogens is 2. The van der Waals surface area contributed by atoms with Gasteiger partial charge in [-0.3, -0.25) is 4.79 Å². The minimum atomic E-state index is -0.475. The summed E-state index contributed by atoms with van der Waals surface area (Å²) in [6.07, 6.45) is 2.60. The van der Waals surface area contributed by atoms with Crippen molar-refractivity contribution in [3.05, 3.63) is 53.6 Å². The summed E-state index contributed by atoms with van der Waals surface area (Å²) in [6, 6.07) is 8.93. The fourth-order valence-electron chi connectivity index (χ4n) is 2.39. The van der Waals surface area contributed by atoms with Crippen molar-refractivity contribution in [2.75, 3.05) is 5.01 Å². The van der Waals surface area contributed by atoms with Crippen molar-refractivity contribution in [3.8, 4) is 11.1 Å². The standard InChI is InChI=1S/C17H14F2N2O/c1-11-9-12(4-7-15(11)18)14-6-5-13(10-16(14)19)21-17(22)3-2-8-20-21/h4-10H,2-3H2,1H3. The number of hydrogen-bond acceptors (Lipinski definition) is 2. The van der Waals surface area contributed by atoms with Gasteiger partial charge in [0.15, 0.2) is 0 Å². The Morgan fingerprint density at radius 3 is 2.59 bits per heavy atom. The number of hydrogen-bond donors (Lipinski definition) is 0. The van der Waals surface area contributed by atoms with Gasteiger partial charge in [-0.25, -0.2) is 13.8 Å². The second kappa shape index (κ2) is 5.67. The molecule has 1 aliphatic rings. The van der Waals surface area contributed by atoms with E-state index in [-0.39, 0.29) is 11.7 Å². The third-order valence-corrected chi connectivity index (χ3v) is 3.59. The number of rotatable bonds is 2. The molecule has 3 rings (SSSR count). The highest BCUT2D eigenvalue weighted by atomic mass is 19.1. The Kier molecular flexibility index (Phi) is 3.71. The molecule has 0 fully saturated rings. The molecule has 0 spiro atoms. The molecule has 1 aliphatic heterocycles. The van der Waals surface area contributed by atoms with Crippen molar-refractivity contribution in [1.82, 2.24) is 0 Å². The fourth-order valence-corrected chi connectivity index (χ4v) is 2.39. The summed E-state index contributed by atoms with van der Waals surface area (Å²) in [4.78, 5) is 11.8. The van der Waals surface area contributed by atoms with Crippen LogP contribution in [0.4, 0.5) is 14.5 Å². The van der Waals surface area contributed by atoms with Crippen molar-refractivity contribution in [2.45, 2.75) is 19.8 Å². The first kappa shape index (κ1) is 14.4. The summed E-state index contributed by atoms with van der Waals surface area (Å²) < 4.78 is 27.7. The van der Waals surface area contributed by atoms with Gasteiger partial charge in [0.25, 0.3) is 0 Å². The van der Waals surface area contributed by atoms with Crippen molar-refractivity contribution in [2.24, 2.45) is 5.10 Å². The normalized spacial score (nSPS) is 14.5. The van der Waals surface area contributed by atoms with E-state index in [0.29, 0.717) is 35.2 Å². The molecule has 5 heteroatoms. The topological polar surface area (TPSA) is 32.7 Å². The molecule has 22 heavy (non-hydrogen) atoms. The smallest absolute Gasteiger partial charge is 0.247 e. The molecule has 0 unspecified atom stereocenters. The van der Waals surface area contributed by atoms with Gasteiger partial charge in [0.2, 0.25) is 5.91 Å². The lowest BCUT2D eigenvalue weighted by atomic mass is 10.0. The fraction of sp³-hybridized carbons (Fsp3) is 0.176. The summed E-state index contributed by atoms with van der Waals surface area (Å²) in [5, 5.41) is 5.19. The van der Waals surface area contributed by atoms with Gasteiger partial charge in [0.05, 0.1) is 5.69 Å². The number of carbonyl (C=O) groups excluding carboxylic acids is 1. The molecule has 2 aromatic carbocycles. The molecule has 3 nitrogen and oxygen atoms in total. The van der Waals surface area contributed by atoms with Crippen LogP contribution in [-0.4, -0.2) is 12.1 Å². The predicted octanol–water partition coefficient (Wildman–Crippen LogP) is 4.05. The van der Waals surface area contributed by atoms with Gasteiger partial charge in [-0.15, -0.1) is 0 Å². The number of hydrazone groups is 1. The number of amides is 1. The number of anilines is 1. The first-order chi connectivity index (χ1) is 10.6. The number of nitrogens with zero attached hydrogens (tertiary/aromatic N) is 2. The molecule has 0 aromatic heterocycles. The van der Waals surface area contributed by atoms with E-state index in [9.17, 15) is 13.6 Å². The second-order valence-corrected chi connectivity index (χ2v) is 5.17. The van der Waals surface area contributed by atoms with Crippen molar-refractivity contribution >= 4 is 17.8 Å². The van der Waals surface area contributed by atoms with Gasteiger partial charge < -0.3 is 0 Å². The minimum Gasteiger partial charge on any atom is -0.273 e. The summed E-state index contributed by atoms with van der Waals surface area (Å²) >= 11 is 0. The van der Waals surface area contributed by atoms with Gasteiger partial charge in [0, 0.05) is 24.3 Å². The first-order valence-electron chi connectivity index (χ1n) is 6.98.